The van der Waals surface area contributed by atoms with E-state index in [1.54, 1.807) is 11.6 Å². The van der Waals surface area contributed by atoms with E-state index in [0.29, 0.717) is 10.9 Å². The van der Waals surface area contributed by atoms with Gasteiger partial charge in [0.05, 0.1) is 16.7 Å². The van der Waals surface area contributed by atoms with E-state index < -0.39 is 21.5 Å². The van der Waals surface area contributed by atoms with Crippen LogP contribution in [-0.4, -0.2) is 18.0 Å². The molecule has 0 aliphatic rings. The fourth-order valence-electron chi connectivity index (χ4n) is 2.73. The van der Waals surface area contributed by atoms with Gasteiger partial charge in [-0.3, -0.25) is 4.72 Å². The Bertz CT molecular complexity index is 1310. The van der Waals surface area contributed by atoms with Gasteiger partial charge in [0.2, 0.25) is 0 Å². The third-order valence-electron chi connectivity index (χ3n) is 3.95. The van der Waals surface area contributed by atoms with Gasteiger partial charge in [0, 0.05) is 18.1 Å². The van der Waals surface area contributed by atoms with Crippen molar-refractivity contribution in [2.75, 3.05) is 4.72 Å². The summed E-state index contributed by atoms with van der Waals surface area (Å²) in [6.07, 6.45) is 1.46. The van der Waals surface area contributed by atoms with Crippen LogP contribution < -0.4 is 10.3 Å². The lowest BCUT2D eigenvalue weighted by molar-refractivity contribution is 0.567. The van der Waals surface area contributed by atoms with Crippen LogP contribution in [0.15, 0.2) is 62.9 Å². The van der Waals surface area contributed by atoms with Crippen molar-refractivity contribution in [1.82, 2.24) is 9.55 Å². The van der Waals surface area contributed by atoms with Gasteiger partial charge in [-0.2, -0.15) is 0 Å². The molecule has 0 saturated carbocycles. The van der Waals surface area contributed by atoms with Gasteiger partial charge in [-0.25, -0.2) is 22.6 Å². The number of hydrogen-bond acceptors (Lipinski definition) is 5. The number of sulfonamides is 1. The molecule has 0 radical (unpaired) electrons. The van der Waals surface area contributed by atoms with E-state index in [-0.39, 0.29) is 21.7 Å². The van der Waals surface area contributed by atoms with Crippen LogP contribution in [0.4, 0.5) is 10.1 Å². The average Bonchev–Trinajstić information content (AvgIpc) is 2.99. The van der Waals surface area contributed by atoms with E-state index >= 15 is 0 Å². The van der Waals surface area contributed by atoms with Gasteiger partial charge in [-0.05, 0) is 42.5 Å². The molecule has 2 aromatic heterocycles. The molecule has 0 unspecified atom stereocenters. The maximum atomic E-state index is 13.0. The van der Waals surface area contributed by atoms with Gasteiger partial charge >= 0.3 is 5.63 Å². The second kappa shape index (κ2) is 5.67. The van der Waals surface area contributed by atoms with Crippen LogP contribution in [0.1, 0.15) is 0 Å². The van der Waals surface area contributed by atoms with Crippen LogP contribution in [-0.2, 0) is 17.1 Å². The Morgan fingerprint density at radius 2 is 1.88 bits per heavy atom. The van der Waals surface area contributed by atoms with Crippen LogP contribution in [0, 0.1) is 5.82 Å². The quantitative estimate of drug-likeness (QED) is 0.557. The Morgan fingerprint density at radius 1 is 1.15 bits per heavy atom. The first-order chi connectivity index (χ1) is 12.3. The molecule has 0 amide bonds. The maximum Gasteiger partial charge on any atom is 0.364 e. The Kier molecular flexibility index (Phi) is 3.55. The number of benzene rings is 2. The monoisotopic (exact) mass is 373 g/mol. The lowest BCUT2D eigenvalue weighted by Crippen LogP contribution is -2.13. The molecule has 26 heavy (non-hydrogen) atoms. The second-order valence-corrected chi connectivity index (χ2v) is 7.39. The Balaban J connectivity index is 1.87. The van der Waals surface area contributed by atoms with Crippen molar-refractivity contribution in [3.8, 4) is 0 Å². The Labute approximate surface area is 146 Å². The smallest absolute Gasteiger partial charge is 0.364 e. The molecule has 9 heteroatoms. The van der Waals surface area contributed by atoms with Crippen molar-refractivity contribution in [3.05, 3.63) is 65.0 Å². The molecule has 7 nitrogen and oxygen atoms in total. The summed E-state index contributed by atoms with van der Waals surface area (Å²) in [5.74, 6) is -0.465. The highest BCUT2D eigenvalue weighted by atomic mass is 32.2. The second-order valence-electron chi connectivity index (χ2n) is 5.71. The number of aryl methyl sites for hydroxylation is 1. The number of nitrogens with one attached hydrogen (secondary N) is 1. The zero-order valence-corrected chi connectivity index (χ0v) is 14.2. The van der Waals surface area contributed by atoms with Crippen molar-refractivity contribution >= 4 is 37.7 Å². The average molecular weight is 373 g/mol. The summed E-state index contributed by atoms with van der Waals surface area (Å²) >= 11 is 0. The molecule has 1 N–H and O–H groups in total. The summed E-state index contributed by atoms with van der Waals surface area (Å²) in [5.41, 5.74) is 0.507. The van der Waals surface area contributed by atoms with Crippen molar-refractivity contribution in [2.45, 2.75) is 4.90 Å². The predicted octanol–water partition coefficient (Wildman–Crippen LogP) is 2.62. The van der Waals surface area contributed by atoms with Crippen LogP contribution >= 0.6 is 0 Å². The van der Waals surface area contributed by atoms with Gasteiger partial charge in [-0.15, -0.1) is 0 Å². The third-order valence-corrected chi connectivity index (χ3v) is 5.32. The fourth-order valence-corrected chi connectivity index (χ4v) is 3.81. The topological polar surface area (TPSA) is 94.2 Å². The molecular formula is C17H12FN3O4S. The molecule has 4 aromatic rings. The standard InChI is InChI=1S/C17H12FN3O4S/c1-21-9-19-15-16(21)13-8-12(6-7-14(13)25-17(15)22)26(23,24)20-11-4-2-10(18)3-5-11/h2-9,20H,1H3. The molecule has 0 spiro atoms. The SMILES string of the molecule is Cn1cnc2c(=O)oc3ccc(S(=O)(=O)Nc4ccc(F)cc4)cc3c21. The summed E-state index contributed by atoms with van der Waals surface area (Å²) in [6, 6.07) is 9.13. The van der Waals surface area contributed by atoms with Gasteiger partial charge in [0.1, 0.15) is 11.4 Å². The number of fused-ring (bicyclic) bond motifs is 3. The zero-order chi connectivity index (χ0) is 18.5. The highest BCUT2D eigenvalue weighted by Crippen LogP contribution is 2.26. The molecule has 0 saturated heterocycles. The molecule has 0 bridgehead atoms. The lowest BCUT2D eigenvalue weighted by atomic mass is 10.2. The first-order valence-corrected chi connectivity index (χ1v) is 9.00. The number of rotatable bonds is 3. The highest BCUT2D eigenvalue weighted by Gasteiger charge is 2.18. The van der Waals surface area contributed by atoms with Gasteiger partial charge in [0.15, 0.2) is 5.52 Å². The number of halogens is 1. The number of hydrogen-bond donors (Lipinski definition) is 1. The zero-order valence-electron chi connectivity index (χ0n) is 13.4. The van der Waals surface area contributed by atoms with Crippen molar-refractivity contribution < 1.29 is 17.2 Å². The van der Waals surface area contributed by atoms with Crippen LogP contribution in [0.25, 0.3) is 22.0 Å². The van der Waals surface area contributed by atoms with E-state index in [2.05, 4.69) is 9.71 Å². The molecule has 2 heterocycles. The fraction of sp³-hybridized carbons (Fsp3) is 0.0588. The van der Waals surface area contributed by atoms with Crippen LogP contribution in [0.3, 0.4) is 0 Å². The number of aromatic nitrogens is 2. The minimum atomic E-state index is -3.91. The van der Waals surface area contributed by atoms with Crippen LogP contribution in [0.2, 0.25) is 0 Å². The van der Waals surface area contributed by atoms with E-state index in [1.807, 2.05) is 0 Å². The van der Waals surface area contributed by atoms with E-state index in [4.69, 9.17) is 4.42 Å². The van der Waals surface area contributed by atoms with Crippen molar-refractivity contribution in [3.63, 3.8) is 0 Å². The van der Waals surface area contributed by atoms with E-state index in [0.717, 1.165) is 12.1 Å². The molecule has 0 aliphatic carbocycles. The largest absolute Gasteiger partial charge is 0.421 e. The normalized spacial score (nSPS) is 11.9. The van der Waals surface area contributed by atoms with E-state index in [9.17, 15) is 17.6 Å². The minimum absolute atomic E-state index is 0.0225. The Morgan fingerprint density at radius 3 is 2.62 bits per heavy atom. The minimum Gasteiger partial charge on any atom is -0.421 e. The first kappa shape index (κ1) is 16.3. The van der Waals surface area contributed by atoms with Gasteiger partial charge in [0.25, 0.3) is 10.0 Å². The molecule has 0 aliphatic heterocycles. The van der Waals surface area contributed by atoms with Crippen LogP contribution in [0.5, 0.6) is 0 Å². The molecule has 0 atom stereocenters. The number of nitrogens with zero attached hydrogens (tertiary/aromatic N) is 2. The highest BCUT2D eigenvalue weighted by molar-refractivity contribution is 7.92. The molecule has 132 valence electrons. The predicted molar refractivity (Wildman–Crippen MR) is 94.0 cm³/mol. The Hall–Kier alpha value is -3.20. The summed E-state index contributed by atoms with van der Waals surface area (Å²) < 4.78 is 47.5. The molecular weight excluding hydrogens is 361 g/mol. The van der Waals surface area contributed by atoms with Gasteiger partial charge in [-0.1, -0.05) is 0 Å². The number of imidazole rings is 1. The molecule has 0 fully saturated rings. The first-order valence-electron chi connectivity index (χ1n) is 7.51. The maximum absolute atomic E-state index is 13.0. The summed E-state index contributed by atoms with van der Waals surface area (Å²) in [6.45, 7) is 0. The molecule has 2 aromatic carbocycles. The van der Waals surface area contributed by atoms with E-state index in [1.165, 1.54) is 36.7 Å². The summed E-state index contributed by atoms with van der Waals surface area (Å²) in [4.78, 5) is 15.9. The summed E-state index contributed by atoms with van der Waals surface area (Å²) in [7, 11) is -2.21. The summed E-state index contributed by atoms with van der Waals surface area (Å²) in [5, 5.41) is 0.446. The van der Waals surface area contributed by atoms with Crippen molar-refractivity contribution in [2.24, 2.45) is 7.05 Å². The number of anilines is 1. The third kappa shape index (κ3) is 2.62. The lowest BCUT2D eigenvalue weighted by Gasteiger charge is -2.09. The molecule has 4 rings (SSSR count). The van der Waals surface area contributed by atoms with Crippen molar-refractivity contribution in [1.29, 1.82) is 0 Å². The van der Waals surface area contributed by atoms with Gasteiger partial charge < -0.3 is 8.98 Å².